The number of allylic oxidation sites excluding steroid dienone is 1. The molecule has 13 heavy (non-hydrogen) atoms. The normalized spacial score (nSPS) is 12.5. The van der Waals surface area contributed by atoms with Gasteiger partial charge in [0.2, 0.25) is 0 Å². The van der Waals surface area contributed by atoms with E-state index in [1.54, 1.807) is 12.5 Å². The lowest BCUT2D eigenvalue weighted by atomic mass is 9.99. The summed E-state index contributed by atoms with van der Waals surface area (Å²) in [5, 5.41) is 0. The molecule has 1 aromatic rings. The van der Waals surface area contributed by atoms with Gasteiger partial charge in [-0.05, 0) is 24.0 Å². The Bertz CT molecular complexity index is 262. The SMILES string of the molecule is C=C(CC(C)c1ccoc1)N(C)C. The summed E-state index contributed by atoms with van der Waals surface area (Å²) in [6.45, 7) is 6.18. The lowest BCUT2D eigenvalue weighted by Gasteiger charge is -2.18. The van der Waals surface area contributed by atoms with E-state index < -0.39 is 0 Å². The summed E-state index contributed by atoms with van der Waals surface area (Å²) >= 11 is 0. The van der Waals surface area contributed by atoms with Crippen molar-refractivity contribution >= 4 is 0 Å². The van der Waals surface area contributed by atoms with Crippen LogP contribution in [0.4, 0.5) is 0 Å². The molecule has 1 unspecified atom stereocenters. The molecular weight excluding hydrogens is 162 g/mol. The lowest BCUT2D eigenvalue weighted by molar-refractivity contribution is 0.473. The first-order valence-corrected chi connectivity index (χ1v) is 4.48. The minimum Gasteiger partial charge on any atom is -0.472 e. The van der Waals surface area contributed by atoms with Crippen LogP contribution in [-0.4, -0.2) is 19.0 Å². The van der Waals surface area contributed by atoms with Crippen LogP contribution in [0.2, 0.25) is 0 Å². The molecule has 72 valence electrons. The van der Waals surface area contributed by atoms with Crippen molar-refractivity contribution in [2.75, 3.05) is 14.1 Å². The molecule has 0 saturated heterocycles. The fraction of sp³-hybridized carbons (Fsp3) is 0.455. The summed E-state index contributed by atoms with van der Waals surface area (Å²) in [6.07, 6.45) is 4.49. The minimum atomic E-state index is 0.480. The van der Waals surface area contributed by atoms with E-state index in [0.29, 0.717) is 5.92 Å². The predicted octanol–water partition coefficient (Wildman–Crippen LogP) is 2.85. The largest absolute Gasteiger partial charge is 0.472 e. The maximum atomic E-state index is 5.03. The fourth-order valence-corrected chi connectivity index (χ4v) is 1.21. The summed E-state index contributed by atoms with van der Waals surface area (Å²) in [5.41, 5.74) is 2.39. The van der Waals surface area contributed by atoms with Crippen LogP contribution in [0.5, 0.6) is 0 Å². The van der Waals surface area contributed by atoms with Crippen molar-refractivity contribution in [3.8, 4) is 0 Å². The van der Waals surface area contributed by atoms with Gasteiger partial charge in [-0.25, -0.2) is 0 Å². The van der Waals surface area contributed by atoms with E-state index in [-0.39, 0.29) is 0 Å². The highest BCUT2D eigenvalue weighted by molar-refractivity contribution is 5.14. The van der Waals surface area contributed by atoms with E-state index in [0.717, 1.165) is 12.1 Å². The van der Waals surface area contributed by atoms with Crippen molar-refractivity contribution < 1.29 is 4.42 Å². The topological polar surface area (TPSA) is 16.4 Å². The predicted molar refractivity (Wildman–Crippen MR) is 54.6 cm³/mol. The van der Waals surface area contributed by atoms with Crippen LogP contribution >= 0.6 is 0 Å². The summed E-state index contributed by atoms with van der Waals surface area (Å²) in [7, 11) is 4.04. The van der Waals surface area contributed by atoms with Gasteiger partial charge < -0.3 is 9.32 Å². The Balaban J connectivity index is 2.51. The molecule has 2 nitrogen and oxygen atoms in total. The molecular formula is C11H17NO. The third-order valence-corrected chi connectivity index (χ3v) is 2.29. The number of hydrogen-bond acceptors (Lipinski definition) is 2. The summed E-state index contributed by atoms with van der Waals surface area (Å²) in [6, 6.07) is 2.01. The highest BCUT2D eigenvalue weighted by Crippen LogP contribution is 2.23. The highest BCUT2D eigenvalue weighted by Gasteiger charge is 2.09. The van der Waals surface area contributed by atoms with Crippen molar-refractivity contribution in [3.05, 3.63) is 36.4 Å². The quantitative estimate of drug-likeness (QED) is 0.706. The monoisotopic (exact) mass is 179 g/mol. The average molecular weight is 179 g/mol. The molecule has 0 radical (unpaired) electrons. The van der Waals surface area contributed by atoms with Crippen LogP contribution in [-0.2, 0) is 0 Å². The zero-order valence-corrected chi connectivity index (χ0v) is 8.58. The second-order valence-corrected chi connectivity index (χ2v) is 3.62. The molecule has 0 N–H and O–H groups in total. The van der Waals surface area contributed by atoms with E-state index in [9.17, 15) is 0 Å². The Hall–Kier alpha value is -1.18. The fourth-order valence-electron chi connectivity index (χ4n) is 1.21. The van der Waals surface area contributed by atoms with Crippen LogP contribution in [0.15, 0.2) is 35.3 Å². The van der Waals surface area contributed by atoms with E-state index in [2.05, 4.69) is 18.4 Å². The van der Waals surface area contributed by atoms with Crippen LogP contribution in [0.1, 0.15) is 24.8 Å². The highest BCUT2D eigenvalue weighted by atomic mass is 16.3. The van der Waals surface area contributed by atoms with Gasteiger partial charge in [0.15, 0.2) is 0 Å². The Morgan fingerprint density at radius 1 is 1.62 bits per heavy atom. The van der Waals surface area contributed by atoms with E-state index in [1.807, 2.05) is 20.2 Å². The Morgan fingerprint density at radius 2 is 2.31 bits per heavy atom. The summed E-state index contributed by atoms with van der Waals surface area (Å²) in [5.74, 6) is 0.480. The van der Waals surface area contributed by atoms with Crippen molar-refractivity contribution in [2.45, 2.75) is 19.3 Å². The van der Waals surface area contributed by atoms with E-state index in [1.165, 1.54) is 5.56 Å². The lowest BCUT2D eigenvalue weighted by Crippen LogP contribution is -2.11. The minimum absolute atomic E-state index is 0.480. The smallest absolute Gasteiger partial charge is 0.0937 e. The summed E-state index contributed by atoms with van der Waals surface area (Å²) in [4.78, 5) is 2.05. The first-order valence-electron chi connectivity index (χ1n) is 4.48. The Labute approximate surface area is 79.9 Å². The van der Waals surface area contributed by atoms with Gasteiger partial charge in [-0.2, -0.15) is 0 Å². The molecule has 0 fully saturated rings. The van der Waals surface area contributed by atoms with Gasteiger partial charge >= 0.3 is 0 Å². The van der Waals surface area contributed by atoms with Crippen LogP contribution in [0.25, 0.3) is 0 Å². The molecule has 2 heteroatoms. The molecule has 0 aliphatic rings. The molecule has 0 aliphatic heterocycles. The average Bonchev–Trinajstić information content (AvgIpc) is 2.55. The van der Waals surface area contributed by atoms with Crippen LogP contribution in [0.3, 0.4) is 0 Å². The first kappa shape index (κ1) is 9.90. The maximum Gasteiger partial charge on any atom is 0.0937 e. The molecule has 0 bridgehead atoms. The molecule has 0 aromatic carbocycles. The molecule has 1 rings (SSSR count). The molecule has 1 aromatic heterocycles. The van der Waals surface area contributed by atoms with Gasteiger partial charge in [-0.15, -0.1) is 0 Å². The van der Waals surface area contributed by atoms with Crippen molar-refractivity contribution in [3.63, 3.8) is 0 Å². The van der Waals surface area contributed by atoms with E-state index in [4.69, 9.17) is 4.42 Å². The molecule has 1 atom stereocenters. The van der Waals surface area contributed by atoms with Crippen LogP contribution in [0, 0.1) is 0 Å². The molecule has 0 amide bonds. The maximum absolute atomic E-state index is 5.03. The van der Waals surface area contributed by atoms with Gasteiger partial charge in [0.1, 0.15) is 0 Å². The van der Waals surface area contributed by atoms with Gasteiger partial charge in [0, 0.05) is 19.8 Å². The van der Waals surface area contributed by atoms with Gasteiger partial charge in [-0.1, -0.05) is 13.5 Å². The Kier molecular flexibility index (Phi) is 3.18. The van der Waals surface area contributed by atoms with Gasteiger partial charge in [-0.3, -0.25) is 0 Å². The number of hydrogen-bond donors (Lipinski definition) is 0. The standard InChI is InChI=1S/C11H17NO/c1-9(7-10(2)12(3)4)11-5-6-13-8-11/h5-6,8-9H,2,7H2,1,3-4H3. The van der Waals surface area contributed by atoms with Crippen molar-refractivity contribution in [1.82, 2.24) is 4.90 Å². The van der Waals surface area contributed by atoms with Crippen molar-refractivity contribution in [1.29, 1.82) is 0 Å². The molecule has 0 aliphatic carbocycles. The van der Waals surface area contributed by atoms with Crippen molar-refractivity contribution in [2.24, 2.45) is 0 Å². The number of rotatable bonds is 4. The molecule has 0 saturated carbocycles. The second kappa shape index (κ2) is 4.17. The zero-order chi connectivity index (χ0) is 9.84. The molecule has 1 heterocycles. The number of nitrogens with zero attached hydrogens (tertiary/aromatic N) is 1. The number of furan rings is 1. The summed E-state index contributed by atoms with van der Waals surface area (Å²) < 4.78 is 5.03. The van der Waals surface area contributed by atoms with E-state index >= 15 is 0 Å². The third kappa shape index (κ3) is 2.65. The van der Waals surface area contributed by atoms with Gasteiger partial charge in [0.05, 0.1) is 12.5 Å². The Morgan fingerprint density at radius 3 is 2.77 bits per heavy atom. The third-order valence-electron chi connectivity index (χ3n) is 2.29. The molecule has 0 spiro atoms. The van der Waals surface area contributed by atoms with Gasteiger partial charge in [0.25, 0.3) is 0 Å². The van der Waals surface area contributed by atoms with Crippen LogP contribution < -0.4 is 0 Å². The second-order valence-electron chi connectivity index (χ2n) is 3.62. The zero-order valence-electron chi connectivity index (χ0n) is 8.58. The first-order chi connectivity index (χ1) is 6.11.